The van der Waals surface area contributed by atoms with Crippen LogP contribution in [0.15, 0.2) is 76.0 Å². The Labute approximate surface area is 275 Å². The summed E-state index contributed by atoms with van der Waals surface area (Å²) >= 11 is 1.69. The second-order valence-electron chi connectivity index (χ2n) is 11.1. The number of esters is 2. The van der Waals surface area contributed by atoms with Crippen molar-refractivity contribution < 1.29 is 33.5 Å². The van der Waals surface area contributed by atoms with Crippen molar-refractivity contribution in [2.45, 2.75) is 82.3 Å². The standard InChI is InChI=1S/C35H44N2O8S/c1-4-28-32(34(38)42-3)31(25-12-8-13-26(23-25)37(40)41)33(29(5-2)36-28)35(39)45-21-10-22-46-27-17-15-24(16-18-27)11-9-20-44-30-14-6-7-19-43-30/h8,12-13,15-18,23,30-31,36H,4-7,9-11,14,19-22H2,1-3H3. The Morgan fingerprint density at radius 3 is 2.39 bits per heavy atom. The minimum Gasteiger partial charge on any atom is -0.466 e. The highest BCUT2D eigenvalue weighted by molar-refractivity contribution is 7.99. The molecule has 4 rings (SSSR count). The summed E-state index contributed by atoms with van der Waals surface area (Å²) < 4.78 is 22.3. The van der Waals surface area contributed by atoms with Crippen LogP contribution < -0.4 is 5.32 Å². The van der Waals surface area contributed by atoms with E-state index in [2.05, 4.69) is 29.6 Å². The van der Waals surface area contributed by atoms with Crippen LogP contribution in [0, 0.1) is 10.1 Å². The first-order valence-corrected chi connectivity index (χ1v) is 17.0. The number of hydrogen-bond donors (Lipinski definition) is 1. The van der Waals surface area contributed by atoms with Gasteiger partial charge in [-0.15, -0.1) is 11.8 Å². The molecule has 2 aliphatic heterocycles. The number of benzene rings is 2. The molecule has 0 radical (unpaired) electrons. The molecule has 2 aliphatic rings. The van der Waals surface area contributed by atoms with Crippen molar-refractivity contribution in [1.29, 1.82) is 0 Å². The highest BCUT2D eigenvalue weighted by Gasteiger charge is 2.39. The molecule has 1 saturated heterocycles. The van der Waals surface area contributed by atoms with Crippen molar-refractivity contribution in [3.05, 3.63) is 92.3 Å². The molecule has 0 amide bonds. The highest BCUT2D eigenvalue weighted by atomic mass is 32.2. The number of thioether (sulfide) groups is 1. The van der Waals surface area contributed by atoms with Gasteiger partial charge in [-0.2, -0.15) is 0 Å². The molecule has 0 bridgehead atoms. The second kappa shape index (κ2) is 17.9. The van der Waals surface area contributed by atoms with Crippen molar-refractivity contribution in [2.75, 3.05) is 32.7 Å². The van der Waals surface area contributed by atoms with Gasteiger partial charge in [-0.3, -0.25) is 10.1 Å². The Bertz CT molecular complexity index is 1420. The molecular formula is C35H44N2O8S. The molecule has 248 valence electrons. The molecule has 0 saturated carbocycles. The van der Waals surface area contributed by atoms with Crippen LogP contribution in [0.4, 0.5) is 5.69 Å². The van der Waals surface area contributed by atoms with Crippen molar-refractivity contribution >= 4 is 29.4 Å². The SMILES string of the molecule is CCC1=C(C(=O)OC)C(c2cccc([N+](=O)[O-])c2)C(C(=O)OCCCSc2ccc(CCCOC3CCCCO3)cc2)=C(CC)N1. The van der Waals surface area contributed by atoms with E-state index in [1.165, 1.54) is 31.2 Å². The second-order valence-corrected chi connectivity index (χ2v) is 12.3. The molecule has 10 nitrogen and oxygen atoms in total. The van der Waals surface area contributed by atoms with Crippen LogP contribution in [-0.4, -0.2) is 55.8 Å². The van der Waals surface area contributed by atoms with Gasteiger partial charge in [0.25, 0.3) is 5.69 Å². The van der Waals surface area contributed by atoms with Gasteiger partial charge in [0.1, 0.15) is 0 Å². The topological polar surface area (TPSA) is 126 Å². The fourth-order valence-corrected chi connectivity index (χ4v) is 6.51. The van der Waals surface area contributed by atoms with Crippen molar-refractivity contribution in [1.82, 2.24) is 5.32 Å². The summed E-state index contributed by atoms with van der Waals surface area (Å²) in [4.78, 5) is 38.9. The smallest absolute Gasteiger partial charge is 0.336 e. The number of methoxy groups -OCH3 is 1. The van der Waals surface area contributed by atoms with E-state index < -0.39 is 22.8 Å². The fourth-order valence-electron chi connectivity index (χ4n) is 5.69. The lowest BCUT2D eigenvalue weighted by molar-refractivity contribution is -0.384. The summed E-state index contributed by atoms with van der Waals surface area (Å²) in [6.07, 6.45) is 6.69. The van der Waals surface area contributed by atoms with E-state index in [-0.39, 0.29) is 29.7 Å². The number of rotatable bonds is 16. The quantitative estimate of drug-likeness (QED) is 0.0667. The highest BCUT2D eigenvalue weighted by Crippen LogP contribution is 2.41. The number of nitrogens with zero attached hydrogens (tertiary/aromatic N) is 1. The van der Waals surface area contributed by atoms with Crippen LogP contribution >= 0.6 is 11.8 Å². The molecule has 2 heterocycles. The molecule has 2 unspecified atom stereocenters. The van der Waals surface area contributed by atoms with E-state index in [0.717, 1.165) is 42.9 Å². The van der Waals surface area contributed by atoms with Gasteiger partial charge in [0.15, 0.2) is 6.29 Å². The summed E-state index contributed by atoms with van der Waals surface area (Å²) in [7, 11) is 1.28. The molecule has 46 heavy (non-hydrogen) atoms. The van der Waals surface area contributed by atoms with E-state index >= 15 is 0 Å². The van der Waals surface area contributed by atoms with Crippen LogP contribution in [0.25, 0.3) is 0 Å². The zero-order chi connectivity index (χ0) is 32.9. The van der Waals surface area contributed by atoms with Gasteiger partial charge < -0.3 is 24.3 Å². The maximum absolute atomic E-state index is 13.6. The number of hydrogen-bond acceptors (Lipinski definition) is 10. The average Bonchev–Trinajstić information content (AvgIpc) is 3.09. The number of nitro groups is 1. The monoisotopic (exact) mass is 652 g/mol. The zero-order valence-corrected chi connectivity index (χ0v) is 27.7. The van der Waals surface area contributed by atoms with Gasteiger partial charge in [-0.05, 0) is 74.6 Å². The van der Waals surface area contributed by atoms with E-state index in [4.69, 9.17) is 18.9 Å². The largest absolute Gasteiger partial charge is 0.466 e. The fraction of sp³-hybridized carbons (Fsp3) is 0.486. The average molecular weight is 653 g/mol. The molecule has 2 aromatic carbocycles. The van der Waals surface area contributed by atoms with Gasteiger partial charge in [0, 0.05) is 40.8 Å². The van der Waals surface area contributed by atoms with E-state index in [0.29, 0.717) is 42.8 Å². The predicted octanol–water partition coefficient (Wildman–Crippen LogP) is 6.98. The molecular weight excluding hydrogens is 608 g/mol. The maximum Gasteiger partial charge on any atom is 0.336 e. The summed E-state index contributed by atoms with van der Waals surface area (Å²) in [6, 6.07) is 14.5. The number of nitrogens with one attached hydrogen (secondary N) is 1. The number of ether oxygens (including phenoxy) is 4. The van der Waals surface area contributed by atoms with Gasteiger partial charge >= 0.3 is 11.9 Å². The lowest BCUT2D eigenvalue weighted by atomic mass is 9.79. The summed E-state index contributed by atoms with van der Waals surface area (Å²) in [6.45, 7) is 5.47. The predicted molar refractivity (Wildman–Crippen MR) is 176 cm³/mol. The molecule has 1 N–H and O–H groups in total. The van der Waals surface area contributed by atoms with Gasteiger partial charge in [0.2, 0.25) is 0 Å². The first-order chi connectivity index (χ1) is 22.4. The van der Waals surface area contributed by atoms with E-state index in [1.807, 2.05) is 13.8 Å². The number of dihydropyridines is 1. The van der Waals surface area contributed by atoms with Gasteiger partial charge in [0.05, 0.1) is 42.3 Å². The van der Waals surface area contributed by atoms with Crippen LogP contribution in [0.5, 0.6) is 0 Å². The zero-order valence-electron chi connectivity index (χ0n) is 26.9. The van der Waals surface area contributed by atoms with Crippen molar-refractivity contribution in [3.8, 4) is 0 Å². The summed E-state index contributed by atoms with van der Waals surface area (Å²) in [5, 5.41) is 14.8. The number of nitro benzene ring substituents is 1. The Hall–Kier alpha value is -3.67. The first kappa shape index (κ1) is 35.2. The molecule has 2 atom stereocenters. The van der Waals surface area contributed by atoms with E-state index in [9.17, 15) is 19.7 Å². The summed E-state index contributed by atoms with van der Waals surface area (Å²) in [5.74, 6) is -1.29. The Morgan fingerprint density at radius 1 is 1.00 bits per heavy atom. The normalized spacial score (nSPS) is 18.2. The van der Waals surface area contributed by atoms with Gasteiger partial charge in [-0.1, -0.05) is 38.1 Å². The van der Waals surface area contributed by atoms with E-state index in [1.54, 1.807) is 23.9 Å². The number of allylic oxidation sites excluding steroid dienone is 2. The number of non-ortho nitro benzene ring substituents is 1. The van der Waals surface area contributed by atoms with Crippen LogP contribution in [0.3, 0.4) is 0 Å². The van der Waals surface area contributed by atoms with Crippen LogP contribution in [0.1, 0.15) is 75.8 Å². The lowest BCUT2D eigenvalue weighted by Crippen LogP contribution is -2.33. The minimum atomic E-state index is -0.869. The van der Waals surface area contributed by atoms with Crippen LogP contribution in [-0.2, 0) is 35.0 Å². The molecule has 11 heteroatoms. The molecule has 0 aromatic heterocycles. The number of aryl methyl sites for hydroxylation is 1. The molecule has 0 spiro atoms. The Balaban J connectivity index is 1.33. The Kier molecular flexibility index (Phi) is 13.7. The minimum absolute atomic E-state index is 0.0473. The Morgan fingerprint density at radius 2 is 1.74 bits per heavy atom. The third-order valence-electron chi connectivity index (χ3n) is 8.04. The summed E-state index contributed by atoms with van der Waals surface area (Å²) in [5.41, 5.74) is 3.32. The van der Waals surface area contributed by atoms with Crippen molar-refractivity contribution in [2.24, 2.45) is 0 Å². The van der Waals surface area contributed by atoms with Crippen molar-refractivity contribution in [3.63, 3.8) is 0 Å². The third kappa shape index (κ3) is 9.43. The molecule has 2 aromatic rings. The molecule has 0 aliphatic carbocycles. The van der Waals surface area contributed by atoms with Crippen LogP contribution in [0.2, 0.25) is 0 Å². The third-order valence-corrected chi connectivity index (χ3v) is 9.14. The number of carbonyl (C=O) groups excluding carboxylic acids is 2. The first-order valence-electron chi connectivity index (χ1n) is 16.0. The van der Waals surface area contributed by atoms with Gasteiger partial charge in [-0.25, -0.2) is 9.59 Å². The number of carbonyl (C=O) groups is 2. The lowest BCUT2D eigenvalue weighted by Gasteiger charge is -2.32. The maximum atomic E-state index is 13.6. The molecule has 1 fully saturated rings.